The number of benzene rings is 1. The van der Waals surface area contributed by atoms with Crippen molar-refractivity contribution in [3.8, 4) is 11.5 Å². The molecular formula is C17H23NO3S. The van der Waals surface area contributed by atoms with Crippen LogP contribution in [0, 0.1) is 5.92 Å². The van der Waals surface area contributed by atoms with Crippen molar-refractivity contribution in [2.24, 2.45) is 5.92 Å². The number of nitrogens with zero attached hydrogens (tertiary/aromatic N) is 1. The second-order valence-corrected chi connectivity index (χ2v) is 7.20. The molecule has 0 bridgehead atoms. The Labute approximate surface area is 136 Å². The Kier molecular flexibility index (Phi) is 4.81. The summed E-state index contributed by atoms with van der Waals surface area (Å²) in [5.41, 5.74) is 1.10. The summed E-state index contributed by atoms with van der Waals surface area (Å²) in [7, 11) is 3.60. The summed E-state index contributed by atoms with van der Waals surface area (Å²) in [4.78, 5) is 14.7. The molecule has 1 atom stereocenters. The number of hydrogen-bond acceptors (Lipinski definition) is 4. The Hall–Kier alpha value is -1.36. The van der Waals surface area contributed by atoms with Gasteiger partial charge in [0.15, 0.2) is 0 Å². The molecule has 22 heavy (non-hydrogen) atoms. The predicted octanol–water partition coefficient (Wildman–Crippen LogP) is 2.60. The molecule has 1 amide bonds. The zero-order valence-corrected chi connectivity index (χ0v) is 14.0. The van der Waals surface area contributed by atoms with Crippen molar-refractivity contribution in [1.29, 1.82) is 0 Å². The minimum absolute atomic E-state index is 0.0690. The molecule has 2 aliphatic rings. The summed E-state index contributed by atoms with van der Waals surface area (Å²) in [5.74, 6) is 4.11. The molecule has 5 heteroatoms. The van der Waals surface area contributed by atoms with Gasteiger partial charge >= 0.3 is 0 Å². The quantitative estimate of drug-likeness (QED) is 0.858. The number of methoxy groups -OCH3 is 1. The van der Waals surface area contributed by atoms with Gasteiger partial charge in [-0.1, -0.05) is 6.07 Å². The Bertz CT molecular complexity index is 543. The summed E-state index contributed by atoms with van der Waals surface area (Å²) in [6, 6.07) is 6.23. The standard InChI is InChI=1S/C17H23NO3S/c1-18(14-5-7-22-8-6-14)17(19)13-9-12-3-4-15(20-2)10-16(12)21-11-13/h3-4,10,13-14H,5-9,11H2,1-2H3/t13-/m0/s1. The molecule has 0 saturated carbocycles. The van der Waals surface area contributed by atoms with E-state index in [-0.39, 0.29) is 11.8 Å². The van der Waals surface area contributed by atoms with Crippen LogP contribution in [0.25, 0.3) is 0 Å². The van der Waals surface area contributed by atoms with Crippen LogP contribution in [0.3, 0.4) is 0 Å². The smallest absolute Gasteiger partial charge is 0.229 e. The minimum atomic E-state index is -0.0690. The average molecular weight is 321 g/mol. The van der Waals surface area contributed by atoms with Crippen molar-refractivity contribution in [2.45, 2.75) is 25.3 Å². The van der Waals surface area contributed by atoms with Crippen molar-refractivity contribution in [2.75, 3.05) is 32.3 Å². The molecule has 1 fully saturated rings. The van der Waals surface area contributed by atoms with Crippen molar-refractivity contribution in [1.82, 2.24) is 4.90 Å². The molecule has 0 radical (unpaired) electrons. The van der Waals surface area contributed by atoms with Gasteiger partial charge in [-0.2, -0.15) is 11.8 Å². The van der Waals surface area contributed by atoms with Gasteiger partial charge < -0.3 is 14.4 Å². The molecular weight excluding hydrogens is 298 g/mol. The number of amides is 1. The van der Waals surface area contributed by atoms with Gasteiger partial charge in [0.1, 0.15) is 18.1 Å². The van der Waals surface area contributed by atoms with E-state index in [4.69, 9.17) is 9.47 Å². The van der Waals surface area contributed by atoms with E-state index >= 15 is 0 Å². The molecule has 0 spiro atoms. The first-order chi connectivity index (χ1) is 10.7. The fourth-order valence-corrected chi connectivity index (χ4v) is 4.26. The monoisotopic (exact) mass is 321 g/mol. The molecule has 0 aliphatic carbocycles. The maximum absolute atomic E-state index is 12.7. The van der Waals surface area contributed by atoms with E-state index in [1.807, 2.05) is 41.9 Å². The molecule has 0 N–H and O–H groups in total. The normalized spacial score (nSPS) is 21.6. The van der Waals surface area contributed by atoms with Gasteiger partial charge in [-0.25, -0.2) is 0 Å². The highest BCUT2D eigenvalue weighted by atomic mass is 32.2. The van der Waals surface area contributed by atoms with E-state index in [1.165, 1.54) is 0 Å². The average Bonchev–Trinajstić information content (AvgIpc) is 2.60. The van der Waals surface area contributed by atoms with E-state index in [0.717, 1.165) is 47.8 Å². The van der Waals surface area contributed by atoms with Gasteiger partial charge in [0.25, 0.3) is 0 Å². The SMILES string of the molecule is COc1ccc2c(c1)OC[C@@H](C(=O)N(C)C1CCSCC1)C2. The van der Waals surface area contributed by atoms with Crippen molar-refractivity contribution < 1.29 is 14.3 Å². The Balaban J connectivity index is 1.66. The highest BCUT2D eigenvalue weighted by Gasteiger charge is 2.31. The molecule has 120 valence electrons. The van der Waals surface area contributed by atoms with Crippen molar-refractivity contribution in [3.63, 3.8) is 0 Å². The van der Waals surface area contributed by atoms with Crippen LogP contribution in [0.2, 0.25) is 0 Å². The molecule has 1 saturated heterocycles. The first kappa shape index (κ1) is 15.5. The fourth-order valence-electron chi connectivity index (χ4n) is 3.18. The first-order valence-electron chi connectivity index (χ1n) is 7.83. The van der Waals surface area contributed by atoms with Crippen LogP contribution in [-0.2, 0) is 11.2 Å². The zero-order valence-electron chi connectivity index (χ0n) is 13.2. The Morgan fingerprint density at radius 2 is 2.14 bits per heavy atom. The number of carbonyl (C=O) groups excluding carboxylic acids is 1. The predicted molar refractivity (Wildman–Crippen MR) is 88.8 cm³/mol. The van der Waals surface area contributed by atoms with Crippen LogP contribution < -0.4 is 9.47 Å². The number of fused-ring (bicyclic) bond motifs is 1. The fraction of sp³-hybridized carbons (Fsp3) is 0.588. The number of carbonyl (C=O) groups is 1. The number of rotatable bonds is 3. The van der Waals surface area contributed by atoms with Gasteiger partial charge in [-0.3, -0.25) is 4.79 Å². The third-order valence-corrected chi connectivity index (χ3v) is 5.66. The van der Waals surface area contributed by atoms with Gasteiger partial charge in [0, 0.05) is 19.2 Å². The van der Waals surface area contributed by atoms with Crippen LogP contribution in [0.1, 0.15) is 18.4 Å². The summed E-state index contributed by atoms with van der Waals surface area (Å²) >= 11 is 1.98. The van der Waals surface area contributed by atoms with Crippen molar-refractivity contribution >= 4 is 17.7 Å². The molecule has 0 unspecified atom stereocenters. The van der Waals surface area contributed by atoms with E-state index in [1.54, 1.807) is 7.11 Å². The third kappa shape index (κ3) is 3.19. The number of hydrogen-bond donors (Lipinski definition) is 0. The second-order valence-electron chi connectivity index (χ2n) is 5.98. The topological polar surface area (TPSA) is 38.8 Å². The van der Waals surface area contributed by atoms with Crippen LogP contribution in [0.4, 0.5) is 0 Å². The van der Waals surface area contributed by atoms with Crippen LogP contribution in [0.5, 0.6) is 11.5 Å². The molecule has 3 rings (SSSR count). The minimum Gasteiger partial charge on any atom is -0.497 e. The molecule has 2 aliphatic heterocycles. The summed E-state index contributed by atoms with van der Waals surface area (Å²) in [6.45, 7) is 0.463. The summed E-state index contributed by atoms with van der Waals surface area (Å²) < 4.78 is 11.0. The molecule has 0 aromatic heterocycles. The maximum atomic E-state index is 12.7. The van der Waals surface area contributed by atoms with Gasteiger partial charge in [-0.15, -0.1) is 0 Å². The lowest BCUT2D eigenvalue weighted by molar-refractivity contribution is -0.137. The summed E-state index contributed by atoms with van der Waals surface area (Å²) in [6.07, 6.45) is 2.96. The van der Waals surface area contributed by atoms with Crippen LogP contribution in [-0.4, -0.2) is 49.1 Å². The molecule has 2 heterocycles. The second kappa shape index (κ2) is 6.82. The highest BCUT2D eigenvalue weighted by Crippen LogP contribution is 2.32. The van der Waals surface area contributed by atoms with E-state index in [0.29, 0.717) is 12.6 Å². The van der Waals surface area contributed by atoms with Gasteiger partial charge in [0.05, 0.1) is 13.0 Å². The van der Waals surface area contributed by atoms with Gasteiger partial charge in [-0.05, 0) is 42.4 Å². The number of thioether (sulfide) groups is 1. The lowest BCUT2D eigenvalue weighted by Crippen LogP contribution is -2.45. The zero-order chi connectivity index (χ0) is 15.5. The van der Waals surface area contributed by atoms with E-state index in [2.05, 4.69) is 0 Å². The van der Waals surface area contributed by atoms with Crippen molar-refractivity contribution in [3.05, 3.63) is 23.8 Å². The van der Waals surface area contributed by atoms with Crippen LogP contribution in [0.15, 0.2) is 18.2 Å². The number of ether oxygens (including phenoxy) is 2. The summed E-state index contributed by atoms with van der Waals surface area (Å²) in [5, 5.41) is 0. The van der Waals surface area contributed by atoms with Crippen LogP contribution >= 0.6 is 11.8 Å². The van der Waals surface area contributed by atoms with E-state index < -0.39 is 0 Å². The van der Waals surface area contributed by atoms with E-state index in [9.17, 15) is 4.79 Å². The maximum Gasteiger partial charge on any atom is 0.229 e. The van der Waals surface area contributed by atoms with Gasteiger partial charge in [0.2, 0.25) is 5.91 Å². The third-order valence-electron chi connectivity index (χ3n) is 4.62. The Morgan fingerprint density at radius 3 is 2.86 bits per heavy atom. The lowest BCUT2D eigenvalue weighted by Gasteiger charge is -2.35. The first-order valence-corrected chi connectivity index (χ1v) is 8.98. The highest BCUT2D eigenvalue weighted by molar-refractivity contribution is 7.99. The molecule has 4 nitrogen and oxygen atoms in total. The molecule has 1 aromatic rings. The molecule has 1 aromatic carbocycles. The lowest BCUT2D eigenvalue weighted by atomic mass is 9.94. The largest absolute Gasteiger partial charge is 0.497 e. The Morgan fingerprint density at radius 1 is 1.36 bits per heavy atom.